The van der Waals surface area contributed by atoms with Crippen LogP contribution in [0.25, 0.3) is 0 Å². The number of anilines is 1. The van der Waals surface area contributed by atoms with E-state index in [0.717, 1.165) is 19.5 Å². The molecule has 2 N–H and O–H groups in total. The summed E-state index contributed by atoms with van der Waals surface area (Å²) in [5.41, 5.74) is 6.16. The minimum Gasteiger partial charge on any atom is -0.354 e. The van der Waals surface area contributed by atoms with Gasteiger partial charge in [0, 0.05) is 25.3 Å². The van der Waals surface area contributed by atoms with E-state index in [9.17, 15) is 4.39 Å². The van der Waals surface area contributed by atoms with Crippen LogP contribution in [0, 0.1) is 17.7 Å². The average Bonchev–Trinajstić information content (AvgIpc) is 2.75. The monoisotopic (exact) mass is 235 g/mol. The van der Waals surface area contributed by atoms with Gasteiger partial charge in [0.15, 0.2) is 11.6 Å². The number of pyridine rings is 1. The van der Waals surface area contributed by atoms with Gasteiger partial charge >= 0.3 is 0 Å². The lowest BCUT2D eigenvalue weighted by atomic mass is 9.78. The third kappa shape index (κ3) is 1.90. The van der Waals surface area contributed by atoms with Crippen LogP contribution in [-0.4, -0.2) is 24.1 Å². The summed E-state index contributed by atoms with van der Waals surface area (Å²) in [6.07, 6.45) is 5.20. The molecule has 0 spiro atoms. The summed E-state index contributed by atoms with van der Waals surface area (Å²) < 4.78 is 13.7. The molecule has 1 saturated heterocycles. The molecule has 1 aromatic rings. The molecule has 17 heavy (non-hydrogen) atoms. The second-order valence-corrected chi connectivity index (χ2v) is 5.23. The first-order valence-corrected chi connectivity index (χ1v) is 6.37. The van der Waals surface area contributed by atoms with Crippen molar-refractivity contribution in [3.05, 3.63) is 24.1 Å². The van der Waals surface area contributed by atoms with Crippen LogP contribution in [-0.2, 0) is 0 Å². The Labute approximate surface area is 101 Å². The van der Waals surface area contributed by atoms with Crippen molar-refractivity contribution in [2.24, 2.45) is 17.6 Å². The lowest BCUT2D eigenvalue weighted by Crippen LogP contribution is -2.38. The Bertz CT molecular complexity index is 409. The van der Waals surface area contributed by atoms with E-state index in [1.165, 1.54) is 18.9 Å². The van der Waals surface area contributed by atoms with Crippen molar-refractivity contribution in [1.82, 2.24) is 4.98 Å². The molecular formula is C13H18FN3. The molecule has 1 aliphatic heterocycles. The van der Waals surface area contributed by atoms with Gasteiger partial charge in [0.25, 0.3) is 0 Å². The first kappa shape index (κ1) is 11.0. The lowest BCUT2D eigenvalue weighted by Gasteiger charge is -2.29. The molecule has 0 aromatic carbocycles. The molecule has 2 aliphatic rings. The normalized spacial score (nSPS) is 32.6. The fourth-order valence-electron chi connectivity index (χ4n) is 3.30. The summed E-state index contributed by atoms with van der Waals surface area (Å²) in [7, 11) is 0. The molecule has 0 amide bonds. The minimum atomic E-state index is -0.222. The van der Waals surface area contributed by atoms with Crippen LogP contribution >= 0.6 is 0 Å². The number of nitrogens with zero attached hydrogens (tertiary/aromatic N) is 2. The van der Waals surface area contributed by atoms with Gasteiger partial charge in [-0.05, 0) is 36.8 Å². The zero-order chi connectivity index (χ0) is 11.8. The molecule has 3 atom stereocenters. The molecule has 1 aliphatic carbocycles. The standard InChI is InChI=1S/C13H18FN3/c14-11-4-2-6-16-13(11)17-7-9-3-1-5-12(15)10(9)8-17/h2,4,6,9-10,12H,1,3,5,7-8,15H2. The number of rotatable bonds is 1. The SMILES string of the molecule is NC1CCCC2CN(c3ncccc3F)CC12. The average molecular weight is 235 g/mol. The third-order valence-electron chi connectivity index (χ3n) is 4.19. The Kier molecular flexibility index (Phi) is 2.74. The molecule has 1 saturated carbocycles. The Morgan fingerprint density at radius 3 is 3.00 bits per heavy atom. The Balaban J connectivity index is 1.81. The molecule has 1 aromatic heterocycles. The van der Waals surface area contributed by atoms with Crippen molar-refractivity contribution in [3.8, 4) is 0 Å². The van der Waals surface area contributed by atoms with Crippen molar-refractivity contribution in [3.63, 3.8) is 0 Å². The van der Waals surface area contributed by atoms with E-state index >= 15 is 0 Å². The van der Waals surface area contributed by atoms with Crippen LogP contribution in [0.4, 0.5) is 10.2 Å². The minimum absolute atomic E-state index is 0.222. The number of aromatic nitrogens is 1. The first-order valence-electron chi connectivity index (χ1n) is 6.37. The molecule has 4 heteroatoms. The van der Waals surface area contributed by atoms with Crippen LogP contribution in [0.3, 0.4) is 0 Å². The maximum Gasteiger partial charge on any atom is 0.165 e. The van der Waals surface area contributed by atoms with Crippen LogP contribution in [0.5, 0.6) is 0 Å². The molecule has 0 bridgehead atoms. The molecule has 2 fully saturated rings. The molecule has 3 rings (SSSR count). The quantitative estimate of drug-likeness (QED) is 0.807. The number of halogens is 1. The van der Waals surface area contributed by atoms with Crippen molar-refractivity contribution in [1.29, 1.82) is 0 Å². The topological polar surface area (TPSA) is 42.1 Å². The maximum atomic E-state index is 13.7. The van der Waals surface area contributed by atoms with Gasteiger partial charge < -0.3 is 10.6 Å². The van der Waals surface area contributed by atoms with Gasteiger partial charge in [-0.2, -0.15) is 0 Å². The molecule has 2 heterocycles. The summed E-state index contributed by atoms with van der Waals surface area (Å²) in [5, 5.41) is 0. The number of nitrogens with two attached hydrogens (primary N) is 1. The van der Waals surface area contributed by atoms with Gasteiger partial charge in [-0.25, -0.2) is 9.37 Å². The molecule has 92 valence electrons. The highest BCUT2D eigenvalue weighted by atomic mass is 19.1. The summed E-state index contributed by atoms with van der Waals surface area (Å²) in [6.45, 7) is 1.77. The van der Waals surface area contributed by atoms with Crippen LogP contribution < -0.4 is 10.6 Å². The van der Waals surface area contributed by atoms with Crippen molar-refractivity contribution in [2.75, 3.05) is 18.0 Å². The predicted molar refractivity (Wildman–Crippen MR) is 65.2 cm³/mol. The first-order chi connectivity index (χ1) is 8.25. The van der Waals surface area contributed by atoms with E-state index in [4.69, 9.17) is 5.73 Å². The zero-order valence-electron chi connectivity index (χ0n) is 9.85. The predicted octanol–water partition coefficient (Wildman–Crippen LogP) is 1.78. The van der Waals surface area contributed by atoms with Gasteiger partial charge in [-0.1, -0.05) is 6.42 Å². The van der Waals surface area contributed by atoms with E-state index in [1.807, 2.05) is 0 Å². The Morgan fingerprint density at radius 1 is 1.35 bits per heavy atom. The van der Waals surface area contributed by atoms with Gasteiger partial charge in [0.05, 0.1) is 0 Å². The summed E-state index contributed by atoms with van der Waals surface area (Å²) in [6, 6.07) is 3.39. The van der Waals surface area contributed by atoms with E-state index in [-0.39, 0.29) is 11.9 Å². The smallest absolute Gasteiger partial charge is 0.165 e. The number of hydrogen-bond acceptors (Lipinski definition) is 3. The van der Waals surface area contributed by atoms with E-state index in [1.54, 1.807) is 12.3 Å². The van der Waals surface area contributed by atoms with Crippen LogP contribution in [0.1, 0.15) is 19.3 Å². The summed E-state index contributed by atoms with van der Waals surface area (Å²) in [5.74, 6) is 1.42. The highest BCUT2D eigenvalue weighted by molar-refractivity contribution is 5.41. The highest BCUT2D eigenvalue weighted by Crippen LogP contribution is 2.37. The maximum absolute atomic E-state index is 13.7. The van der Waals surface area contributed by atoms with E-state index in [0.29, 0.717) is 17.7 Å². The summed E-state index contributed by atoms with van der Waals surface area (Å²) >= 11 is 0. The Morgan fingerprint density at radius 2 is 2.24 bits per heavy atom. The van der Waals surface area contributed by atoms with Gasteiger partial charge in [-0.15, -0.1) is 0 Å². The van der Waals surface area contributed by atoms with Crippen molar-refractivity contribution in [2.45, 2.75) is 25.3 Å². The summed E-state index contributed by atoms with van der Waals surface area (Å²) in [4.78, 5) is 6.22. The van der Waals surface area contributed by atoms with E-state index < -0.39 is 0 Å². The van der Waals surface area contributed by atoms with E-state index in [2.05, 4.69) is 9.88 Å². The fraction of sp³-hybridized carbons (Fsp3) is 0.615. The second-order valence-electron chi connectivity index (χ2n) is 5.23. The van der Waals surface area contributed by atoms with Crippen molar-refractivity contribution < 1.29 is 4.39 Å². The number of hydrogen-bond donors (Lipinski definition) is 1. The highest BCUT2D eigenvalue weighted by Gasteiger charge is 2.39. The van der Waals surface area contributed by atoms with Gasteiger partial charge in [0.2, 0.25) is 0 Å². The largest absolute Gasteiger partial charge is 0.354 e. The van der Waals surface area contributed by atoms with Gasteiger partial charge in [-0.3, -0.25) is 0 Å². The Hall–Kier alpha value is -1.16. The number of fused-ring (bicyclic) bond motifs is 1. The van der Waals surface area contributed by atoms with Crippen LogP contribution in [0.15, 0.2) is 18.3 Å². The molecule has 3 nitrogen and oxygen atoms in total. The molecular weight excluding hydrogens is 217 g/mol. The van der Waals surface area contributed by atoms with Crippen molar-refractivity contribution >= 4 is 5.82 Å². The fourth-order valence-corrected chi connectivity index (χ4v) is 3.30. The zero-order valence-corrected chi connectivity index (χ0v) is 9.85. The third-order valence-corrected chi connectivity index (χ3v) is 4.19. The van der Waals surface area contributed by atoms with Gasteiger partial charge in [0.1, 0.15) is 0 Å². The molecule has 0 radical (unpaired) electrons. The van der Waals surface area contributed by atoms with Crippen LogP contribution in [0.2, 0.25) is 0 Å². The molecule has 3 unspecified atom stereocenters. The second kappa shape index (κ2) is 4.26. The lowest BCUT2D eigenvalue weighted by molar-refractivity contribution is 0.260.